The fraction of sp³-hybridized carbons (Fsp3) is 0.520. The average Bonchev–Trinajstić information content (AvgIpc) is 3.91. The molecule has 0 saturated carbocycles. The number of halogens is 2. The Morgan fingerprint density at radius 2 is 1.85 bits per heavy atom. The molecule has 2 aromatic heterocycles. The molecule has 4 aromatic rings. The van der Waals surface area contributed by atoms with Crippen LogP contribution in [0, 0.1) is 17.3 Å². The van der Waals surface area contributed by atoms with E-state index in [1.54, 1.807) is 39.3 Å². The molecule has 4 amide bonds. The van der Waals surface area contributed by atoms with Crippen LogP contribution >= 0.6 is 11.6 Å². The zero-order valence-electron chi connectivity index (χ0n) is 39.6. The number of carbonyl (C=O) groups excluding carboxylic acids is 5. The fourth-order valence-electron chi connectivity index (χ4n) is 9.97. The number of aryl methyl sites for hydroxylation is 1. The molecule has 2 saturated heterocycles. The van der Waals surface area contributed by atoms with Crippen molar-refractivity contribution in [2.75, 3.05) is 40.4 Å². The highest BCUT2D eigenvalue weighted by Crippen LogP contribution is 2.42. The lowest BCUT2D eigenvalue weighted by atomic mass is 9.84. The van der Waals surface area contributed by atoms with Crippen molar-refractivity contribution < 1.29 is 42.9 Å². The Labute approximate surface area is 396 Å². The number of amides is 4. The van der Waals surface area contributed by atoms with Gasteiger partial charge in [0.2, 0.25) is 11.8 Å². The zero-order valence-corrected chi connectivity index (χ0v) is 40.4. The number of benzene rings is 2. The second kappa shape index (κ2) is 20.3. The topological polar surface area (TPSA) is 176 Å². The summed E-state index contributed by atoms with van der Waals surface area (Å²) >= 11 is 5.41. The lowest BCUT2D eigenvalue weighted by molar-refractivity contribution is -0.155. The van der Waals surface area contributed by atoms with Crippen LogP contribution in [0.4, 0.5) is 4.39 Å². The summed E-state index contributed by atoms with van der Waals surface area (Å²) < 4.78 is 27.8. The first-order valence-corrected chi connectivity index (χ1v) is 23.6. The van der Waals surface area contributed by atoms with Crippen LogP contribution in [0.15, 0.2) is 54.7 Å². The number of rotatable bonds is 10. The number of likely N-dealkylation sites (N-methyl/N-ethyl adjacent to an activating group) is 1. The molecular formula is C50H63ClFN7O8. The number of esters is 1. The Balaban J connectivity index is 1.30. The van der Waals surface area contributed by atoms with Crippen molar-refractivity contribution in [2.45, 2.75) is 110 Å². The number of methoxy groups -OCH3 is 1. The van der Waals surface area contributed by atoms with Crippen molar-refractivity contribution in [1.82, 2.24) is 35.1 Å². The maximum absolute atomic E-state index is 14.7. The molecule has 3 aliphatic heterocycles. The second-order valence-corrected chi connectivity index (χ2v) is 19.6. The number of nitrogens with zero attached hydrogens (tertiary/aromatic N) is 5. The van der Waals surface area contributed by atoms with Gasteiger partial charge in [-0.25, -0.2) is 9.82 Å². The molecule has 0 spiro atoms. The number of fused-ring (bicyclic) bond motifs is 6. The number of phenols is 1. The third-order valence-electron chi connectivity index (χ3n) is 13.4. The van der Waals surface area contributed by atoms with Crippen LogP contribution in [-0.4, -0.2) is 123 Å². The first-order chi connectivity index (χ1) is 31.8. The maximum Gasteiger partial charge on any atom is 0.324 e. The van der Waals surface area contributed by atoms with E-state index in [0.717, 1.165) is 39.0 Å². The lowest BCUT2D eigenvalue weighted by Crippen LogP contribution is -2.62. The SMILES string of the molecule is CCn1c(-c2cccnc2[C@H](C)OC)c2c3cc(ccc31)-c1cc(O)cc(c1)C[C@H](NC(=O)[C@H](C(C)C)N(C)C(=O)[C@H]1CCN(C(=O)[C@H](F)Cl)C1)C(=O)N1CCC[C@H](N1)C(=O)OCC(C)(C)C2. The molecule has 67 heavy (non-hydrogen) atoms. The average molecular weight is 945 g/mol. The predicted octanol–water partition coefficient (Wildman–Crippen LogP) is 6.32. The normalized spacial score (nSPS) is 21.4. The molecule has 0 aliphatic carbocycles. The minimum absolute atomic E-state index is 0.0385. The number of likely N-dealkylation sites (tertiary alicyclic amines) is 1. The van der Waals surface area contributed by atoms with E-state index < -0.39 is 70.6 Å². The molecule has 0 unspecified atom stereocenters. The van der Waals surface area contributed by atoms with Gasteiger partial charge in [-0.05, 0) is 104 Å². The van der Waals surface area contributed by atoms with Gasteiger partial charge in [-0.1, -0.05) is 51.4 Å². The molecule has 6 atom stereocenters. The van der Waals surface area contributed by atoms with Crippen LogP contribution in [0.5, 0.6) is 5.75 Å². The van der Waals surface area contributed by atoms with Crippen molar-refractivity contribution in [3.8, 4) is 28.1 Å². The number of pyridine rings is 1. The third-order valence-corrected chi connectivity index (χ3v) is 13.6. The van der Waals surface area contributed by atoms with Crippen molar-refractivity contribution in [3.05, 3.63) is 71.5 Å². The van der Waals surface area contributed by atoms with E-state index in [1.807, 2.05) is 25.1 Å². The number of phenolic OH excluding ortho intramolecular Hbond substituents is 1. The molecule has 2 aromatic carbocycles. The van der Waals surface area contributed by atoms with Gasteiger partial charge in [0.05, 0.1) is 30.0 Å². The highest BCUT2D eigenvalue weighted by Gasteiger charge is 2.41. The smallest absolute Gasteiger partial charge is 0.324 e. The van der Waals surface area contributed by atoms with E-state index in [0.29, 0.717) is 36.9 Å². The van der Waals surface area contributed by atoms with Gasteiger partial charge in [-0.15, -0.1) is 0 Å². The van der Waals surface area contributed by atoms with Crippen molar-refractivity contribution in [2.24, 2.45) is 17.3 Å². The Morgan fingerprint density at radius 1 is 1.09 bits per heavy atom. The number of hydrogen-bond acceptors (Lipinski definition) is 10. The minimum atomic E-state index is -2.22. The standard InChI is InChI=1S/C50H63ClFN7O8/c1-9-58-40-15-14-31-24-36(40)37(43(58)35-12-10-17-53-41(35)29(4)66-8)25-50(5,6)27-67-49(65)38-13-11-18-59(55-38)47(63)39(22-30-20-33(31)23-34(60)21-30)54-45(61)42(28(2)3)56(7)46(62)32-16-19-57(26-32)48(64)44(51)52/h10,12,14-15,17,20-21,23-24,28-29,32,38-39,42,44,55,60H,9,11,13,16,18-19,22,25-27H2,1-8H3,(H,54,61)/t29-,32-,38-,39-,42-,44-/m0/s1. The van der Waals surface area contributed by atoms with Crippen LogP contribution in [-0.2, 0) is 52.8 Å². The molecule has 2 fully saturated rings. The molecule has 3 N–H and O–H groups in total. The summed E-state index contributed by atoms with van der Waals surface area (Å²) in [6.07, 6.45) is 3.10. The highest BCUT2D eigenvalue weighted by atomic mass is 35.5. The van der Waals surface area contributed by atoms with Gasteiger partial charge in [0.1, 0.15) is 23.9 Å². The molecule has 17 heteroatoms. The van der Waals surface area contributed by atoms with Crippen molar-refractivity contribution in [1.29, 1.82) is 0 Å². The van der Waals surface area contributed by atoms with Gasteiger partial charge in [0, 0.05) is 74.8 Å². The molecule has 15 nitrogen and oxygen atoms in total. The van der Waals surface area contributed by atoms with E-state index in [2.05, 4.69) is 54.3 Å². The Morgan fingerprint density at radius 3 is 2.55 bits per heavy atom. The molecule has 360 valence electrons. The van der Waals surface area contributed by atoms with Gasteiger partial charge >= 0.3 is 5.97 Å². The Hall–Kier alpha value is -5.58. The first kappa shape index (κ1) is 49.3. The quantitative estimate of drug-likeness (QED) is 0.121. The summed E-state index contributed by atoms with van der Waals surface area (Å²) in [6.45, 7) is 12.8. The predicted molar refractivity (Wildman–Crippen MR) is 252 cm³/mol. The number of ether oxygens (including phenoxy) is 2. The summed E-state index contributed by atoms with van der Waals surface area (Å²) in [5, 5.41) is 16.6. The van der Waals surface area contributed by atoms with Gasteiger partial charge in [0.15, 0.2) is 0 Å². The zero-order chi connectivity index (χ0) is 48.5. The number of aromatic hydroxyl groups is 1. The van der Waals surface area contributed by atoms with E-state index in [-0.39, 0.29) is 50.9 Å². The molecular weight excluding hydrogens is 881 g/mol. The fourth-order valence-corrected chi connectivity index (χ4v) is 10.1. The summed E-state index contributed by atoms with van der Waals surface area (Å²) in [5.74, 6) is -4.07. The number of nitrogens with one attached hydrogen (secondary N) is 2. The van der Waals surface area contributed by atoms with E-state index in [9.17, 15) is 33.5 Å². The molecule has 5 heterocycles. The van der Waals surface area contributed by atoms with Crippen molar-refractivity contribution in [3.63, 3.8) is 0 Å². The number of carbonyl (C=O) groups is 5. The van der Waals surface area contributed by atoms with Gasteiger partial charge < -0.3 is 34.3 Å². The lowest BCUT2D eigenvalue weighted by Gasteiger charge is -2.37. The van der Waals surface area contributed by atoms with Crippen molar-refractivity contribution >= 4 is 52.1 Å². The van der Waals surface area contributed by atoms with Crippen LogP contribution in [0.25, 0.3) is 33.3 Å². The number of alkyl halides is 2. The van der Waals surface area contributed by atoms with Crippen LogP contribution < -0.4 is 10.7 Å². The summed E-state index contributed by atoms with van der Waals surface area (Å²) in [4.78, 5) is 76.6. The molecule has 0 radical (unpaired) electrons. The summed E-state index contributed by atoms with van der Waals surface area (Å²) in [5.41, 5.74) is 7.10. The maximum atomic E-state index is 14.7. The van der Waals surface area contributed by atoms with Gasteiger partial charge in [-0.3, -0.25) is 34.0 Å². The van der Waals surface area contributed by atoms with Crippen LogP contribution in [0.1, 0.15) is 83.7 Å². The first-order valence-electron chi connectivity index (χ1n) is 23.2. The second-order valence-electron chi connectivity index (χ2n) is 19.2. The van der Waals surface area contributed by atoms with Crippen LogP contribution in [0.3, 0.4) is 0 Å². The van der Waals surface area contributed by atoms with E-state index in [1.165, 1.54) is 21.9 Å². The minimum Gasteiger partial charge on any atom is -0.508 e. The monoisotopic (exact) mass is 943 g/mol. The van der Waals surface area contributed by atoms with Crippen LogP contribution in [0.2, 0.25) is 0 Å². The van der Waals surface area contributed by atoms with E-state index >= 15 is 0 Å². The number of hydrazine groups is 1. The Kier molecular flexibility index (Phi) is 15.0. The van der Waals surface area contributed by atoms with Gasteiger partial charge in [0.25, 0.3) is 17.4 Å². The van der Waals surface area contributed by atoms with Gasteiger partial charge in [-0.2, -0.15) is 0 Å². The third kappa shape index (κ3) is 10.5. The Bertz CT molecular complexity index is 2530. The summed E-state index contributed by atoms with van der Waals surface area (Å²) in [7, 11) is 3.16. The number of hydrogen-bond donors (Lipinski definition) is 3. The van der Waals surface area contributed by atoms with E-state index in [4.69, 9.17) is 26.1 Å². The molecule has 6 bridgehead atoms. The molecule has 3 aliphatic rings. The number of cyclic esters (lactones) is 1. The number of aromatic nitrogens is 2. The molecule has 7 rings (SSSR count). The largest absolute Gasteiger partial charge is 0.508 e. The summed E-state index contributed by atoms with van der Waals surface area (Å²) in [6, 6.07) is 12.2. The highest BCUT2D eigenvalue weighted by molar-refractivity contribution is 6.29.